The lowest BCUT2D eigenvalue weighted by Crippen LogP contribution is -2.29. The van der Waals surface area contributed by atoms with Gasteiger partial charge >= 0.3 is 0 Å². The van der Waals surface area contributed by atoms with Crippen molar-refractivity contribution in [3.8, 4) is 0 Å². The van der Waals surface area contributed by atoms with Crippen molar-refractivity contribution in [1.29, 1.82) is 0 Å². The first kappa shape index (κ1) is 13.9. The van der Waals surface area contributed by atoms with E-state index < -0.39 is 0 Å². The molecule has 5 heteroatoms. The zero-order chi connectivity index (χ0) is 13.7. The van der Waals surface area contributed by atoms with Crippen LogP contribution in [-0.2, 0) is 6.54 Å². The van der Waals surface area contributed by atoms with Gasteiger partial charge in [-0.1, -0.05) is 41.0 Å². The summed E-state index contributed by atoms with van der Waals surface area (Å²) in [6.45, 7) is 0.730. The lowest BCUT2D eigenvalue weighted by molar-refractivity contribution is 0.318. The third-order valence-corrected chi connectivity index (χ3v) is 3.66. The molecule has 102 valence electrons. The van der Waals surface area contributed by atoms with E-state index >= 15 is 0 Å². The molecule has 0 aliphatic heterocycles. The summed E-state index contributed by atoms with van der Waals surface area (Å²) in [4.78, 5) is 0. The summed E-state index contributed by atoms with van der Waals surface area (Å²) in [5.74, 6) is 0.0684. The van der Waals surface area contributed by atoms with Crippen LogP contribution in [0.3, 0.4) is 0 Å². The number of nitrogens with one attached hydrogen (secondary N) is 1. The average molecular weight is 280 g/mol. The summed E-state index contributed by atoms with van der Waals surface area (Å²) in [5.41, 5.74) is 7.16. The standard InChI is InChI=1S/C14H18ClN3O/c15-13-8-10(14(16)18-19)6-7-11(13)9-17-12-4-2-1-3-5-12/h1-2,6-8,12,17,19H,3-5,9H2,(H2,16,18). The lowest BCUT2D eigenvalue weighted by atomic mass is 10.0. The minimum absolute atomic E-state index is 0.0684. The highest BCUT2D eigenvalue weighted by Crippen LogP contribution is 2.19. The molecule has 0 spiro atoms. The number of benzene rings is 1. The molecule has 1 aliphatic rings. The lowest BCUT2D eigenvalue weighted by Gasteiger charge is -2.19. The van der Waals surface area contributed by atoms with Crippen LogP contribution >= 0.6 is 11.6 Å². The van der Waals surface area contributed by atoms with Crippen LogP contribution in [0.1, 0.15) is 30.4 Å². The third kappa shape index (κ3) is 3.72. The quantitative estimate of drug-likeness (QED) is 0.261. The van der Waals surface area contributed by atoms with E-state index in [9.17, 15) is 0 Å². The number of oxime groups is 1. The van der Waals surface area contributed by atoms with E-state index in [2.05, 4.69) is 22.6 Å². The van der Waals surface area contributed by atoms with Crippen molar-refractivity contribution in [2.45, 2.75) is 31.8 Å². The third-order valence-electron chi connectivity index (χ3n) is 3.31. The maximum atomic E-state index is 8.62. The van der Waals surface area contributed by atoms with Crippen molar-refractivity contribution in [3.63, 3.8) is 0 Å². The molecule has 1 atom stereocenters. The monoisotopic (exact) mass is 279 g/mol. The van der Waals surface area contributed by atoms with E-state index in [1.165, 1.54) is 0 Å². The van der Waals surface area contributed by atoms with Gasteiger partial charge in [0.1, 0.15) is 0 Å². The van der Waals surface area contributed by atoms with Gasteiger partial charge in [-0.25, -0.2) is 0 Å². The number of allylic oxidation sites excluding steroid dienone is 1. The van der Waals surface area contributed by atoms with Crippen LogP contribution in [0.25, 0.3) is 0 Å². The molecule has 1 unspecified atom stereocenters. The highest BCUT2D eigenvalue weighted by molar-refractivity contribution is 6.31. The normalized spacial score (nSPS) is 19.6. The number of nitrogens with two attached hydrogens (primary N) is 1. The first-order valence-electron chi connectivity index (χ1n) is 6.35. The Hall–Kier alpha value is -1.52. The molecule has 0 amide bonds. The SMILES string of the molecule is N/C(=N/O)c1ccc(CNC2CC=CCC2)c(Cl)c1. The van der Waals surface area contributed by atoms with Crippen molar-refractivity contribution in [3.05, 3.63) is 46.5 Å². The van der Waals surface area contributed by atoms with Crippen molar-refractivity contribution in [1.82, 2.24) is 5.32 Å². The zero-order valence-corrected chi connectivity index (χ0v) is 11.4. The van der Waals surface area contributed by atoms with Crippen molar-refractivity contribution in [2.75, 3.05) is 0 Å². The Labute approximate surface area is 117 Å². The Balaban J connectivity index is 1.99. The van der Waals surface area contributed by atoms with Gasteiger partial charge in [0, 0.05) is 23.2 Å². The molecular formula is C14H18ClN3O. The summed E-state index contributed by atoms with van der Waals surface area (Å²) in [7, 11) is 0. The molecule has 2 rings (SSSR count). The zero-order valence-electron chi connectivity index (χ0n) is 10.6. The molecule has 19 heavy (non-hydrogen) atoms. The van der Waals surface area contributed by atoms with Crippen LogP contribution < -0.4 is 11.1 Å². The Kier molecular flexibility index (Phi) is 4.82. The number of amidine groups is 1. The van der Waals surface area contributed by atoms with E-state index in [1.807, 2.05) is 6.07 Å². The van der Waals surface area contributed by atoms with E-state index in [0.717, 1.165) is 31.4 Å². The predicted octanol–water partition coefficient (Wildman–Crippen LogP) is 2.63. The Morgan fingerprint density at radius 1 is 1.47 bits per heavy atom. The van der Waals surface area contributed by atoms with Crippen LogP contribution in [-0.4, -0.2) is 17.1 Å². The summed E-state index contributed by atoms with van der Waals surface area (Å²) >= 11 is 6.20. The molecule has 0 saturated carbocycles. The Morgan fingerprint density at radius 2 is 2.32 bits per heavy atom. The molecule has 4 nitrogen and oxygen atoms in total. The minimum atomic E-state index is 0.0684. The number of nitrogens with zero attached hydrogens (tertiary/aromatic N) is 1. The fourth-order valence-electron chi connectivity index (χ4n) is 2.14. The van der Waals surface area contributed by atoms with Gasteiger partial charge in [0.15, 0.2) is 5.84 Å². The minimum Gasteiger partial charge on any atom is -0.409 e. The second-order valence-electron chi connectivity index (χ2n) is 4.65. The smallest absolute Gasteiger partial charge is 0.170 e. The summed E-state index contributed by atoms with van der Waals surface area (Å²) in [6, 6.07) is 5.94. The van der Waals surface area contributed by atoms with Crippen LogP contribution in [0, 0.1) is 0 Å². The topological polar surface area (TPSA) is 70.6 Å². The second-order valence-corrected chi connectivity index (χ2v) is 5.06. The van der Waals surface area contributed by atoms with Crippen LogP contribution in [0.2, 0.25) is 5.02 Å². The molecule has 0 bridgehead atoms. The van der Waals surface area contributed by atoms with Gasteiger partial charge in [0.25, 0.3) is 0 Å². The Morgan fingerprint density at radius 3 is 2.95 bits per heavy atom. The first-order valence-corrected chi connectivity index (χ1v) is 6.73. The van der Waals surface area contributed by atoms with Gasteiger partial charge in [0.05, 0.1) is 0 Å². The summed E-state index contributed by atoms with van der Waals surface area (Å²) in [6.07, 6.45) is 7.80. The Bertz CT molecular complexity index is 499. The highest BCUT2D eigenvalue weighted by atomic mass is 35.5. The van der Waals surface area contributed by atoms with E-state index in [0.29, 0.717) is 16.6 Å². The molecule has 0 saturated heterocycles. The number of halogens is 1. The maximum Gasteiger partial charge on any atom is 0.170 e. The van der Waals surface area contributed by atoms with Crippen molar-refractivity contribution in [2.24, 2.45) is 10.9 Å². The number of hydrogen-bond donors (Lipinski definition) is 3. The molecule has 0 aromatic heterocycles. The molecule has 0 heterocycles. The predicted molar refractivity (Wildman–Crippen MR) is 77.6 cm³/mol. The molecular weight excluding hydrogens is 262 g/mol. The summed E-state index contributed by atoms with van der Waals surface area (Å²) < 4.78 is 0. The van der Waals surface area contributed by atoms with Crippen molar-refractivity contribution >= 4 is 17.4 Å². The van der Waals surface area contributed by atoms with Crippen LogP contribution in [0.4, 0.5) is 0 Å². The molecule has 0 radical (unpaired) electrons. The average Bonchev–Trinajstić information content (AvgIpc) is 2.46. The fraction of sp³-hybridized carbons (Fsp3) is 0.357. The van der Waals surface area contributed by atoms with Gasteiger partial charge in [-0.15, -0.1) is 0 Å². The van der Waals surface area contributed by atoms with E-state index in [4.69, 9.17) is 22.5 Å². The van der Waals surface area contributed by atoms with Crippen LogP contribution in [0.15, 0.2) is 35.5 Å². The number of hydrogen-bond acceptors (Lipinski definition) is 3. The maximum absolute atomic E-state index is 8.62. The second kappa shape index (κ2) is 6.59. The van der Waals surface area contributed by atoms with E-state index in [-0.39, 0.29) is 5.84 Å². The number of rotatable bonds is 4. The first-order chi connectivity index (χ1) is 9.20. The van der Waals surface area contributed by atoms with E-state index in [1.54, 1.807) is 12.1 Å². The largest absolute Gasteiger partial charge is 0.409 e. The molecule has 1 aliphatic carbocycles. The molecule has 4 N–H and O–H groups in total. The van der Waals surface area contributed by atoms with Gasteiger partial charge in [-0.2, -0.15) is 0 Å². The van der Waals surface area contributed by atoms with Gasteiger partial charge in [-0.05, 0) is 30.9 Å². The van der Waals surface area contributed by atoms with Gasteiger partial charge in [-0.3, -0.25) is 0 Å². The molecule has 0 fully saturated rings. The highest BCUT2D eigenvalue weighted by Gasteiger charge is 2.10. The molecule has 1 aromatic carbocycles. The molecule has 1 aromatic rings. The fourth-order valence-corrected chi connectivity index (χ4v) is 2.39. The van der Waals surface area contributed by atoms with Gasteiger partial charge < -0.3 is 16.3 Å². The van der Waals surface area contributed by atoms with Crippen LogP contribution in [0.5, 0.6) is 0 Å². The van der Waals surface area contributed by atoms with Crippen molar-refractivity contribution < 1.29 is 5.21 Å². The summed E-state index contributed by atoms with van der Waals surface area (Å²) in [5, 5.41) is 15.7. The van der Waals surface area contributed by atoms with Gasteiger partial charge in [0.2, 0.25) is 0 Å².